The van der Waals surface area contributed by atoms with Crippen LogP contribution in [0.25, 0.3) is 0 Å². The highest BCUT2D eigenvalue weighted by Crippen LogP contribution is 2.05. The standard InChI is InChI=1S/C12H28N4O2S/c1-8-13-10(15-11(2,3)4)14-9-12(5,6)16-19(7,17)18/h16H,8-9H2,1-7H3,(H2,13,14,15). The van der Waals surface area contributed by atoms with Gasteiger partial charge in [-0.15, -0.1) is 0 Å². The molecule has 7 heteroatoms. The molecule has 0 aromatic carbocycles. The van der Waals surface area contributed by atoms with Gasteiger partial charge in [0.2, 0.25) is 10.0 Å². The Morgan fingerprint density at radius 2 is 1.68 bits per heavy atom. The van der Waals surface area contributed by atoms with Gasteiger partial charge in [-0.2, -0.15) is 0 Å². The third kappa shape index (κ3) is 10.8. The summed E-state index contributed by atoms with van der Waals surface area (Å²) in [6.45, 7) is 12.8. The van der Waals surface area contributed by atoms with Crippen LogP contribution in [-0.2, 0) is 10.0 Å². The third-order valence-corrected chi connectivity index (χ3v) is 2.86. The number of aliphatic imine (C=N–C) groups is 1. The average molecular weight is 292 g/mol. The number of sulfonamides is 1. The Labute approximate surface area is 117 Å². The molecule has 3 N–H and O–H groups in total. The molecule has 0 saturated carbocycles. The molecule has 0 atom stereocenters. The Morgan fingerprint density at radius 1 is 1.16 bits per heavy atom. The minimum absolute atomic E-state index is 0.102. The summed E-state index contributed by atoms with van der Waals surface area (Å²) in [6, 6.07) is 0. The molecule has 6 nitrogen and oxygen atoms in total. The van der Waals surface area contributed by atoms with E-state index in [1.807, 2.05) is 27.7 Å². The lowest BCUT2D eigenvalue weighted by molar-refractivity contribution is 0.459. The van der Waals surface area contributed by atoms with E-state index in [1.165, 1.54) is 0 Å². The molecule has 0 amide bonds. The van der Waals surface area contributed by atoms with Gasteiger partial charge in [-0.25, -0.2) is 13.1 Å². The van der Waals surface area contributed by atoms with E-state index in [9.17, 15) is 8.42 Å². The smallest absolute Gasteiger partial charge is 0.209 e. The van der Waals surface area contributed by atoms with Gasteiger partial charge in [0.25, 0.3) is 0 Å². The molecule has 0 aliphatic carbocycles. The summed E-state index contributed by atoms with van der Waals surface area (Å²) in [4.78, 5) is 4.42. The zero-order valence-electron chi connectivity index (χ0n) is 13.1. The highest BCUT2D eigenvalue weighted by molar-refractivity contribution is 7.88. The van der Waals surface area contributed by atoms with Crippen molar-refractivity contribution in [1.82, 2.24) is 15.4 Å². The Balaban J connectivity index is 4.78. The van der Waals surface area contributed by atoms with Crippen LogP contribution in [0.1, 0.15) is 41.5 Å². The topological polar surface area (TPSA) is 82.6 Å². The number of hydrogen-bond acceptors (Lipinski definition) is 3. The predicted molar refractivity (Wildman–Crippen MR) is 80.9 cm³/mol. The molecule has 0 aliphatic heterocycles. The molecule has 0 saturated heterocycles. The maximum Gasteiger partial charge on any atom is 0.209 e. The monoisotopic (exact) mass is 292 g/mol. The van der Waals surface area contributed by atoms with Gasteiger partial charge in [0.15, 0.2) is 5.96 Å². The first-order valence-corrected chi connectivity index (χ1v) is 8.29. The number of nitrogens with one attached hydrogen (secondary N) is 3. The SMILES string of the molecule is CCNC(=NCC(C)(C)NS(C)(=O)=O)NC(C)(C)C. The quantitative estimate of drug-likeness (QED) is 0.514. The molecular formula is C12H28N4O2S. The molecule has 0 spiro atoms. The highest BCUT2D eigenvalue weighted by Gasteiger charge is 2.22. The lowest BCUT2D eigenvalue weighted by Crippen LogP contribution is -2.50. The van der Waals surface area contributed by atoms with E-state index < -0.39 is 15.6 Å². The molecule has 114 valence electrons. The molecule has 0 heterocycles. The van der Waals surface area contributed by atoms with Gasteiger partial charge in [0.1, 0.15) is 0 Å². The third-order valence-electron chi connectivity index (χ3n) is 1.93. The highest BCUT2D eigenvalue weighted by atomic mass is 32.2. The normalized spacial score (nSPS) is 14.4. The van der Waals surface area contributed by atoms with Gasteiger partial charge in [-0.05, 0) is 41.5 Å². The fraction of sp³-hybridized carbons (Fsp3) is 0.917. The van der Waals surface area contributed by atoms with E-state index in [1.54, 1.807) is 13.8 Å². The number of hydrogen-bond donors (Lipinski definition) is 3. The largest absolute Gasteiger partial charge is 0.357 e. The fourth-order valence-electron chi connectivity index (χ4n) is 1.47. The van der Waals surface area contributed by atoms with Crippen LogP contribution in [0.3, 0.4) is 0 Å². The van der Waals surface area contributed by atoms with Crippen LogP contribution in [0.5, 0.6) is 0 Å². The van der Waals surface area contributed by atoms with E-state index in [4.69, 9.17) is 0 Å². The van der Waals surface area contributed by atoms with Gasteiger partial charge in [-0.3, -0.25) is 4.99 Å². The van der Waals surface area contributed by atoms with Crippen molar-refractivity contribution in [3.63, 3.8) is 0 Å². The van der Waals surface area contributed by atoms with E-state index >= 15 is 0 Å². The van der Waals surface area contributed by atoms with Gasteiger partial charge in [-0.1, -0.05) is 0 Å². The van der Waals surface area contributed by atoms with Gasteiger partial charge < -0.3 is 10.6 Å². The lowest BCUT2D eigenvalue weighted by Gasteiger charge is -2.26. The molecule has 0 aliphatic rings. The molecule has 19 heavy (non-hydrogen) atoms. The first-order chi connectivity index (χ1) is 8.35. The van der Waals surface area contributed by atoms with Crippen molar-refractivity contribution in [3.8, 4) is 0 Å². The lowest BCUT2D eigenvalue weighted by atomic mass is 10.1. The van der Waals surface area contributed by atoms with Gasteiger partial charge >= 0.3 is 0 Å². The summed E-state index contributed by atoms with van der Waals surface area (Å²) < 4.78 is 25.1. The molecule has 0 fully saturated rings. The Morgan fingerprint density at radius 3 is 2.05 bits per heavy atom. The van der Waals surface area contributed by atoms with Crippen LogP contribution in [0.2, 0.25) is 0 Å². The average Bonchev–Trinajstić information content (AvgIpc) is 2.08. The summed E-state index contributed by atoms with van der Waals surface area (Å²) >= 11 is 0. The minimum Gasteiger partial charge on any atom is -0.357 e. The molecule has 0 unspecified atom stereocenters. The Bertz CT molecular complexity index is 408. The maximum absolute atomic E-state index is 11.3. The summed E-state index contributed by atoms with van der Waals surface area (Å²) in [5.74, 6) is 0.679. The summed E-state index contributed by atoms with van der Waals surface area (Å²) in [5, 5.41) is 6.39. The number of guanidine groups is 1. The van der Waals surface area contributed by atoms with E-state index in [-0.39, 0.29) is 5.54 Å². The summed E-state index contributed by atoms with van der Waals surface area (Å²) in [6.07, 6.45) is 1.15. The molecular weight excluding hydrogens is 264 g/mol. The first-order valence-electron chi connectivity index (χ1n) is 6.40. The van der Waals surface area contributed by atoms with Crippen molar-refractivity contribution in [1.29, 1.82) is 0 Å². The van der Waals surface area contributed by atoms with Crippen LogP contribution < -0.4 is 15.4 Å². The van der Waals surface area contributed by atoms with Gasteiger partial charge in [0, 0.05) is 17.6 Å². The van der Waals surface area contributed by atoms with Crippen molar-refractivity contribution in [2.24, 2.45) is 4.99 Å². The predicted octanol–water partition coefficient (Wildman–Crippen LogP) is 0.668. The second kappa shape index (κ2) is 6.56. The van der Waals surface area contributed by atoms with Crippen LogP contribution in [0.15, 0.2) is 4.99 Å². The van der Waals surface area contributed by atoms with Crippen LogP contribution in [0.4, 0.5) is 0 Å². The fourth-order valence-corrected chi connectivity index (χ4v) is 2.54. The van der Waals surface area contributed by atoms with E-state index in [2.05, 4.69) is 20.3 Å². The molecule has 0 aromatic rings. The van der Waals surface area contributed by atoms with Crippen molar-refractivity contribution < 1.29 is 8.42 Å². The second-order valence-corrected chi connectivity index (χ2v) is 8.08. The second-order valence-electron chi connectivity index (χ2n) is 6.33. The zero-order valence-corrected chi connectivity index (χ0v) is 13.9. The van der Waals surface area contributed by atoms with E-state index in [0.29, 0.717) is 12.5 Å². The van der Waals surface area contributed by atoms with E-state index in [0.717, 1.165) is 12.8 Å². The Hall–Kier alpha value is -0.820. The maximum atomic E-state index is 11.3. The Kier molecular flexibility index (Phi) is 6.28. The number of rotatable bonds is 5. The van der Waals surface area contributed by atoms with Gasteiger partial charge in [0.05, 0.1) is 12.8 Å². The van der Waals surface area contributed by atoms with Crippen molar-refractivity contribution in [2.75, 3.05) is 19.3 Å². The number of nitrogens with zero attached hydrogens (tertiary/aromatic N) is 1. The van der Waals surface area contributed by atoms with Crippen molar-refractivity contribution in [2.45, 2.75) is 52.6 Å². The molecule has 0 rings (SSSR count). The molecule has 0 radical (unpaired) electrons. The van der Waals surface area contributed by atoms with Crippen molar-refractivity contribution in [3.05, 3.63) is 0 Å². The zero-order chi connectivity index (χ0) is 15.3. The molecule has 0 bridgehead atoms. The summed E-state index contributed by atoms with van der Waals surface area (Å²) in [7, 11) is -3.24. The van der Waals surface area contributed by atoms with Crippen LogP contribution in [0, 0.1) is 0 Å². The summed E-state index contributed by atoms with van der Waals surface area (Å²) in [5.41, 5.74) is -0.719. The first kappa shape index (κ1) is 18.2. The minimum atomic E-state index is -3.24. The van der Waals surface area contributed by atoms with Crippen LogP contribution in [-0.4, -0.2) is 44.8 Å². The van der Waals surface area contributed by atoms with Crippen molar-refractivity contribution >= 4 is 16.0 Å². The molecule has 0 aromatic heterocycles. The van der Waals surface area contributed by atoms with Crippen LogP contribution >= 0.6 is 0 Å².